The van der Waals surface area contributed by atoms with Gasteiger partial charge in [-0.2, -0.15) is 5.10 Å². The number of ether oxygens (including phenoxy) is 2. The number of aryl methyl sites for hydroxylation is 1. The maximum absolute atomic E-state index is 11.8. The SMILES string of the molecule is COc1cc2cnn(CCC(C)NC(=O)OC(C)(C)C)c2cc1[N+](=O)[O-]. The number of aromatic nitrogens is 2. The molecule has 1 heterocycles. The van der Waals surface area contributed by atoms with Gasteiger partial charge in [0.2, 0.25) is 0 Å². The van der Waals surface area contributed by atoms with Crippen LogP contribution in [0.2, 0.25) is 0 Å². The Hall–Kier alpha value is -2.84. The fraction of sp³-hybridized carbons (Fsp3) is 0.529. The van der Waals surface area contributed by atoms with Crippen LogP contribution in [-0.2, 0) is 11.3 Å². The number of alkyl carbamates (subject to hydrolysis) is 1. The van der Waals surface area contributed by atoms with Crippen LogP contribution in [0.15, 0.2) is 18.3 Å². The van der Waals surface area contributed by atoms with Gasteiger partial charge in [0.05, 0.1) is 23.7 Å². The lowest BCUT2D eigenvalue weighted by Crippen LogP contribution is -2.38. The fourth-order valence-electron chi connectivity index (χ4n) is 2.48. The van der Waals surface area contributed by atoms with E-state index in [1.165, 1.54) is 13.2 Å². The van der Waals surface area contributed by atoms with Crippen LogP contribution < -0.4 is 10.1 Å². The topological polar surface area (TPSA) is 109 Å². The summed E-state index contributed by atoms with van der Waals surface area (Å²) in [5, 5.41) is 19.0. The Morgan fingerprint density at radius 3 is 2.69 bits per heavy atom. The van der Waals surface area contributed by atoms with Gasteiger partial charge < -0.3 is 14.8 Å². The molecule has 0 saturated heterocycles. The molecule has 0 spiro atoms. The van der Waals surface area contributed by atoms with E-state index in [9.17, 15) is 14.9 Å². The number of amides is 1. The Labute approximate surface area is 151 Å². The second-order valence-electron chi connectivity index (χ2n) is 7.04. The Bertz CT molecular complexity index is 809. The van der Waals surface area contributed by atoms with Crippen molar-refractivity contribution in [3.05, 3.63) is 28.4 Å². The molecule has 9 heteroatoms. The van der Waals surface area contributed by atoms with Gasteiger partial charge in [0.15, 0.2) is 5.75 Å². The molecule has 1 aromatic heterocycles. The highest BCUT2D eigenvalue weighted by molar-refractivity contribution is 5.84. The maximum atomic E-state index is 11.8. The quantitative estimate of drug-likeness (QED) is 0.622. The van der Waals surface area contributed by atoms with Crippen LogP contribution in [0.3, 0.4) is 0 Å². The number of nitro groups is 1. The van der Waals surface area contributed by atoms with E-state index >= 15 is 0 Å². The average molecular weight is 364 g/mol. The van der Waals surface area contributed by atoms with Gasteiger partial charge in [-0.15, -0.1) is 0 Å². The minimum Gasteiger partial charge on any atom is -0.490 e. The molecule has 0 fully saturated rings. The van der Waals surface area contributed by atoms with Crippen LogP contribution in [-0.4, -0.2) is 39.5 Å². The lowest BCUT2D eigenvalue weighted by Gasteiger charge is -2.22. The average Bonchev–Trinajstić information content (AvgIpc) is 2.91. The molecular weight excluding hydrogens is 340 g/mol. The van der Waals surface area contributed by atoms with Gasteiger partial charge in [-0.05, 0) is 40.2 Å². The molecule has 1 amide bonds. The lowest BCUT2D eigenvalue weighted by atomic mass is 10.2. The smallest absolute Gasteiger partial charge is 0.407 e. The van der Waals surface area contributed by atoms with Crippen molar-refractivity contribution in [2.24, 2.45) is 0 Å². The van der Waals surface area contributed by atoms with E-state index in [0.29, 0.717) is 18.5 Å². The van der Waals surface area contributed by atoms with Gasteiger partial charge in [-0.3, -0.25) is 14.8 Å². The number of hydrogen-bond donors (Lipinski definition) is 1. The van der Waals surface area contributed by atoms with Crippen LogP contribution in [0, 0.1) is 10.1 Å². The molecule has 0 aliphatic rings. The minimum absolute atomic E-state index is 0.110. The molecule has 0 radical (unpaired) electrons. The molecule has 1 unspecified atom stereocenters. The normalized spacial score (nSPS) is 12.7. The van der Waals surface area contributed by atoms with Gasteiger partial charge in [0, 0.05) is 24.0 Å². The van der Waals surface area contributed by atoms with Crippen molar-refractivity contribution in [3.63, 3.8) is 0 Å². The second kappa shape index (κ2) is 7.59. The van der Waals surface area contributed by atoms with E-state index in [1.807, 2.05) is 6.92 Å². The molecule has 0 aliphatic carbocycles. The Balaban J connectivity index is 2.08. The number of methoxy groups -OCH3 is 1. The summed E-state index contributed by atoms with van der Waals surface area (Å²) < 4.78 is 12.0. The van der Waals surface area contributed by atoms with E-state index < -0.39 is 16.6 Å². The molecule has 0 saturated carbocycles. The third-order valence-electron chi connectivity index (χ3n) is 3.68. The number of hydrogen-bond acceptors (Lipinski definition) is 6. The monoisotopic (exact) mass is 364 g/mol. The standard InChI is InChI=1S/C17H24N4O5/c1-11(19-16(22)26-17(2,3)4)6-7-20-13-9-14(21(23)24)15(25-5)8-12(13)10-18-20/h8-11H,6-7H2,1-5H3,(H,19,22). The summed E-state index contributed by atoms with van der Waals surface area (Å²) in [7, 11) is 1.39. The van der Waals surface area contributed by atoms with Crippen LogP contribution >= 0.6 is 0 Å². The molecule has 26 heavy (non-hydrogen) atoms. The van der Waals surface area contributed by atoms with Crippen LogP contribution in [0.25, 0.3) is 10.9 Å². The molecule has 9 nitrogen and oxygen atoms in total. The number of fused-ring (bicyclic) bond motifs is 1. The number of nitro benzene ring substituents is 1. The molecule has 1 atom stereocenters. The third-order valence-corrected chi connectivity index (χ3v) is 3.68. The first-order valence-electron chi connectivity index (χ1n) is 8.28. The van der Waals surface area contributed by atoms with Crippen molar-refractivity contribution in [1.29, 1.82) is 0 Å². The summed E-state index contributed by atoms with van der Waals surface area (Å²) in [5.74, 6) is 0.196. The molecule has 0 bridgehead atoms. The number of carbonyl (C=O) groups excluding carboxylic acids is 1. The van der Waals surface area contributed by atoms with Crippen molar-refractivity contribution < 1.29 is 19.2 Å². The van der Waals surface area contributed by atoms with Crippen LogP contribution in [0.4, 0.5) is 10.5 Å². The van der Waals surface area contributed by atoms with Crippen LogP contribution in [0.5, 0.6) is 5.75 Å². The number of nitrogens with zero attached hydrogens (tertiary/aromatic N) is 3. The van der Waals surface area contributed by atoms with E-state index in [4.69, 9.17) is 9.47 Å². The number of benzene rings is 1. The van der Waals surface area contributed by atoms with Gasteiger partial charge in [-0.1, -0.05) is 0 Å². The Morgan fingerprint density at radius 1 is 1.42 bits per heavy atom. The predicted molar refractivity (Wildman–Crippen MR) is 96.4 cm³/mol. The largest absolute Gasteiger partial charge is 0.490 e. The van der Waals surface area contributed by atoms with Gasteiger partial charge in [0.1, 0.15) is 5.60 Å². The molecule has 1 N–H and O–H groups in total. The lowest BCUT2D eigenvalue weighted by molar-refractivity contribution is -0.385. The summed E-state index contributed by atoms with van der Waals surface area (Å²) in [4.78, 5) is 22.5. The van der Waals surface area contributed by atoms with Crippen molar-refractivity contribution in [2.45, 2.75) is 52.3 Å². The maximum Gasteiger partial charge on any atom is 0.407 e. The summed E-state index contributed by atoms with van der Waals surface area (Å²) in [6.45, 7) is 7.75. The fourth-order valence-corrected chi connectivity index (χ4v) is 2.48. The van der Waals surface area contributed by atoms with Gasteiger partial charge in [-0.25, -0.2) is 4.79 Å². The Morgan fingerprint density at radius 2 is 2.12 bits per heavy atom. The predicted octanol–water partition coefficient (Wildman–Crippen LogP) is 3.26. The van der Waals surface area contributed by atoms with Crippen molar-refractivity contribution >= 4 is 22.7 Å². The second-order valence-corrected chi connectivity index (χ2v) is 7.04. The highest BCUT2D eigenvalue weighted by Crippen LogP contribution is 2.31. The van der Waals surface area contributed by atoms with E-state index in [2.05, 4.69) is 10.4 Å². The zero-order chi connectivity index (χ0) is 19.5. The van der Waals surface area contributed by atoms with E-state index in [0.717, 1.165) is 5.39 Å². The van der Waals surface area contributed by atoms with E-state index in [1.54, 1.807) is 37.7 Å². The first-order valence-corrected chi connectivity index (χ1v) is 8.28. The molecule has 2 aromatic rings. The molecular formula is C17H24N4O5. The van der Waals surface area contributed by atoms with Crippen molar-refractivity contribution in [2.75, 3.05) is 7.11 Å². The van der Waals surface area contributed by atoms with Crippen molar-refractivity contribution in [3.8, 4) is 5.75 Å². The summed E-state index contributed by atoms with van der Waals surface area (Å²) >= 11 is 0. The van der Waals surface area contributed by atoms with Gasteiger partial charge in [0.25, 0.3) is 0 Å². The zero-order valence-electron chi connectivity index (χ0n) is 15.6. The first-order chi connectivity index (χ1) is 12.1. The van der Waals surface area contributed by atoms with Crippen LogP contribution in [0.1, 0.15) is 34.1 Å². The van der Waals surface area contributed by atoms with E-state index in [-0.39, 0.29) is 17.5 Å². The summed E-state index contributed by atoms with van der Waals surface area (Å²) in [5.41, 5.74) is -0.0244. The number of rotatable bonds is 6. The number of carbonyl (C=O) groups is 1. The summed E-state index contributed by atoms with van der Waals surface area (Å²) in [6, 6.07) is 2.91. The molecule has 2 rings (SSSR count). The molecule has 142 valence electrons. The molecule has 1 aromatic carbocycles. The zero-order valence-corrected chi connectivity index (χ0v) is 15.6. The minimum atomic E-state index is -0.556. The summed E-state index contributed by atoms with van der Waals surface area (Å²) in [6.07, 6.45) is 1.75. The van der Waals surface area contributed by atoms with Gasteiger partial charge >= 0.3 is 11.8 Å². The highest BCUT2D eigenvalue weighted by Gasteiger charge is 2.20. The molecule has 0 aliphatic heterocycles. The third kappa shape index (κ3) is 4.84. The highest BCUT2D eigenvalue weighted by atomic mass is 16.6. The first kappa shape index (κ1) is 19.5. The number of nitrogens with one attached hydrogen (secondary N) is 1. The Kier molecular flexibility index (Phi) is 5.69. The van der Waals surface area contributed by atoms with Crippen molar-refractivity contribution in [1.82, 2.24) is 15.1 Å².